The molecule has 0 saturated carbocycles. The van der Waals surface area contributed by atoms with Crippen LogP contribution in [0.4, 0.5) is 0 Å². The average molecular weight is 302 g/mol. The van der Waals surface area contributed by atoms with Gasteiger partial charge in [0, 0.05) is 19.7 Å². The Hall–Kier alpha value is -0.200. The van der Waals surface area contributed by atoms with Gasteiger partial charge in [0.25, 0.3) is 0 Å². The van der Waals surface area contributed by atoms with Gasteiger partial charge in [0.15, 0.2) is 0 Å². The van der Waals surface area contributed by atoms with Crippen molar-refractivity contribution in [2.75, 3.05) is 59.7 Å². The van der Waals surface area contributed by atoms with E-state index in [2.05, 4.69) is 24.2 Å². The third-order valence-electron chi connectivity index (χ3n) is 3.86. The van der Waals surface area contributed by atoms with Crippen molar-refractivity contribution < 1.29 is 14.6 Å². The number of unbranched alkanes of at least 4 members (excludes halogenated alkanes) is 1. The lowest BCUT2D eigenvalue weighted by Crippen LogP contribution is -2.40. The van der Waals surface area contributed by atoms with Crippen molar-refractivity contribution in [2.45, 2.75) is 38.7 Å². The van der Waals surface area contributed by atoms with Gasteiger partial charge >= 0.3 is 0 Å². The average Bonchev–Trinajstić information content (AvgIpc) is 2.46. The Bertz CT molecular complexity index is 242. The second kappa shape index (κ2) is 12.4. The van der Waals surface area contributed by atoms with Crippen molar-refractivity contribution >= 4 is 0 Å². The molecule has 0 aliphatic carbocycles. The molecule has 5 heteroatoms. The summed E-state index contributed by atoms with van der Waals surface area (Å²) in [4.78, 5) is 2.38. The van der Waals surface area contributed by atoms with Gasteiger partial charge in [0.2, 0.25) is 0 Å². The Morgan fingerprint density at radius 1 is 1.29 bits per heavy atom. The van der Waals surface area contributed by atoms with Gasteiger partial charge in [-0.05, 0) is 45.3 Å². The van der Waals surface area contributed by atoms with Crippen LogP contribution in [0.2, 0.25) is 0 Å². The fourth-order valence-electron chi connectivity index (χ4n) is 2.64. The van der Waals surface area contributed by atoms with Crippen LogP contribution in [0.3, 0.4) is 0 Å². The molecule has 126 valence electrons. The molecule has 1 saturated heterocycles. The number of aliphatic hydroxyl groups excluding tert-OH is 1. The number of nitrogens with zero attached hydrogens (tertiary/aromatic N) is 1. The van der Waals surface area contributed by atoms with Gasteiger partial charge in [-0.2, -0.15) is 0 Å². The van der Waals surface area contributed by atoms with E-state index in [9.17, 15) is 5.11 Å². The normalized spacial score (nSPS) is 21.6. The molecule has 1 aliphatic rings. The van der Waals surface area contributed by atoms with Gasteiger partial charge in [0.05, 0.1) is 25.9 Å². The molecule has 0 aromatic carbocycles. The van der Waals surface area contributed by atoms with Gasteiger partial charge in [-0.1, -0.05) is 13.3 Å². The molecule has 0 spiro atoms. The number of nitrogens with one attached hydrogen (secondary N) is 1. The largest absolute Gasteiger partial charge is 0.389 e. The zero-order valence-electron chi connectivity index (χ0n) is 13.9. The smallest absolute Gasteiger partial charge is 0.0897 e. The second-order valence-corrected chi connectivity index (χ2v) is 6.12. The Labute approximate surface area is 130 Å². The molecule has 0 amide bonds. The SMILES string of the molecule is CCCCOCCOCC(O)CNCC1CCCN(C)C1. The molecule has 0 aromatic heterocycles. The standard InChI is InChI=1S/C16H34N2O3/c1-3-4-8-20-9-10-21-14-16(19)12-17-11-15-6-5-7-18(2)13-15/h15-17,19H,3-14H2,1-2H3. The van der Waals surface area contributed by atoms with Crippen LogP contribution in [-0.2, 0) is 9.47 Å². The van der Waals surface area contributed by atoms with Crippen LogP contribution in [-0.4, -0.2) is 75.8 Å². The Morgan fingerprint density at radius 3 is 2.86 bits per heavy atom. The lowest BCUT2D eigenvalue weighted by molar-refractivity contribution is 0.00354. The molecule has 1 fully saturated rings. The van der Waals surface area contributed by atoms with Crippen molar-refractivity contribution in [1.82, 2.24) is 10.2 Å². The maximum absolute atomic E-state index is 9.83. The quantitative estimate of drug-likeness (QED) is 0.529. The minimum absolute atomic E-state index is 0.384. The molecule has 1 heterocycles. The molecule has 2 atom stereocenters. The van der Waals surface area contributed by atoms with E-state index in [0.29, 0.717) is 32.3 Å². The summed E-state index contributed by atoms with van der Waals surface area (Å²) in [5, 5.41) is 13.2. The summed E-state index contributed by atoms with van der Waals surface area (Å²) in [6.45, 7) is 8.49. The van der Waals surface area contributed by atoms with Crippen LogP contribution in [0.1, 0.15) is 32.6 Å². The molecular formula is C16H34N2O3. The lowest BCUT2D eigenvalue weighted by Gasteiger charge is -2.30. The third kappa shape index (κ3) is 10.2. The number of likely N-dealkylation sites (tertiary alicyclic amines) is 1. The van der Waals surface area contributed by atoms with Gasteiger partial charge in [-0.3, -0.25) is 0 Å². The van der Waals surface area contributed by atoms with E-state index in [4.69, 9.17) is 9.47 Å². The van der Waals surface area contributed by atoms with Crippen molar-refractivity contribution in [1.29, 1.82) is 0 Å². The Morgan fingerprint density at radius 2 is 2.10 bits per heavy atom. The zero-order chi connectivity index (χ0) is 15.3. The van der Waals surface area contributed by atoms with E-state index >= 15 is 0 Å². The number of rotatable bonds is 12. The Balaban J connectivity index is 1.88. The topological polar surface area (TPSA) is 54.0 Å². The number of aliphatic hydroxyl groups is 1. The molecule has 0 aromatic rings. The van der Waals surface area contributed by atoms with Crippen LogP contribution in [0.5, 0.6) is 0 Å². The second-order valence-electron chi connectivity index (χ2n) is 6.12. The van der Waals surface area contributed by atoms with Crippen LogP contribution in [0, 0.1) is 5.92 Å². The summed E-state index contributed by atoms with van der Waals surface area (Å²) in [6, 6.07) is 0. The highest BCUT2D eigenvalue weighted by Crippen LogP contribution is 2.13. The van der Waals surface area contributed by atoms with Crippen LogP contribution in [0.25, 0.3) is 0 Å². The zero-order valence-corrected chi connectivity index (χ0v) is 13.9. The van der Waals surface area contributed by atoms with Gasteiger partial charge in [-0.15, -0.1) is 0 Å². The maximum atomic E-state index is 9.83. The monoisotopic (exact) mass is 302 g/mol. The first-order valence-electron chi connectivity index (χ1n) is 8.45. The molecule has 0 bridgehead atoms. The van der Waals surface area contributed by atoms with E-state index in [1.54, 1.807) is 0 Å². The van der Waals surface area contributed by atoms with E-state index in [-0.39, 0.29) is 0 Å². The highest BCUT2D eigenvalue weighted by Gasteiger charge is 2.16. The first kappa shape index (κ1) is 18.8. The highest BCUT2D eigenvalue weighted by atomic mass is 16.5. The summed E-state index contributed by atoms with van der Waals surface area (Å²) in [7, 11) is 2.18. The lowest BCUT2D eigenvalue weighted by atomic mass is 9.98. The Kier molecular flexibility index (Phi) is 11.1. The minimum atomic E-state index is -0.429. The van der Waals surface area contributed by atoms with Crippen LogP contribution < -0.4 is 5.32 Å². The van der Waals surface area contributed by atoms with Gasteiger partial charge in [-0.25, -0.2) is 0 Å². The first-order chi connectivity index (χ1) is 10.2. The number of piperidine rings is 1. The minimum Gasteiger partial charge on any atom is -0.389 e. The number of ether oxygens (including phenoxy) is 2. The van der Waals surface area contributed by atoms with E-state index in [0.717, 1.165) is 32.5 Å². The number of hydrogen-bond acceptors (Lipinski definition) is 5. The first-order valence-corrected chi connectivity index (χ1v) is 8.45. The molecular weight excluding hydrogens is 268 g/mol. The van der Waals surface area contributed by atoms with Crippen LogP contribution >= 0.6 is 0 Å². The molecule has 2 unspecified atom stereocenters. The molecule has 1 rings (SSSR count). The number of hydrogen-bond donors (Lipinski definition) is 2. The van der Waals surface area contributed by atoms with Crippen molar-refractivity contribution in [2.24, 2.45) is 5.92 Å². The molecule has 1 aliphatic heterocycles. The summed E-state index contributed by atoms with van der Waals surface area (Å²) in [6.07, 6.45) is 4.40. The third-order valence-corrected chi connectivity index (χ3v) is 3.86. The van der Waals surface area contributed by atoms with E-state index < -0.39 is 6.10 Å². The summed E-state index contributed by atoms with van der Waals surface area (Å²) in [5.41, 5.74) is 0. The maximum Gasteiger partial charge on any atom is 0.0897 e. The van der Waals surface area contributed by atoms with E-state index in [1.807, 2.05) is 0 Å². The summed E-state index contributed by atoms with van der Waals surface area (Å²) in [5.74, 6) is 0.712. The van der Waals surface area contributed by atoms with Crippen LogP contribution in [0.15, 0.2) is 0 Å². The highest BCUT2D eigenvalue weighted by molar-refractivity contribution is 4.73. The fraction of sp³-hybridized carbons (Fsp3) is 1.00. The predicted molar refractivity (Wildman–Crippen MR) is 85.6 cm³/mol. The molecule has 2 N–H and O–H groups in total. The predicted octanol–water partition coefficient (Wildman–Crippen LogP) is 1.11. The fourth-order valence-corrected chi connectivity index (χ4v) is 2.64. The molecule has 0 radical (unpaired) electrons. The van der Waals surface area contributed by atoms with E-state index in [1.165, 1.54) is 19.4 Å². The summed E-state index contributed by atoms with van der Waals surface area (Å²) < 4.78 is 10.8. The molecule has 5 nitrogen and oxygen atoms in total. The van der Waals surface area contributed by atoms with Gasteiger partial charge < -0.3 is 24.8 Å². The molecule has 21 heavy (non-hydrogen) atoms. The van der Waals surface area contributed by atoms with Crippen molar-refractivity contribution in [3.05, 3.63) is 0 Å². The van der Waals surface area contributed by atoms with Crippen molar-refractivity contribution in [3.63, 3.8) is 0 Å². The van der Waals surface area contributed by atoms with Crippen molar-refractivity contribution in [3.8, 4) is 0 Å². The van der Waals surface area contributed by atoms with Gasteiger partial charge in [0.1, 0.15) is 0 Å². The summed E-state index contributed by atoms with van der Waals surface area (Å²) >= 11 is 0.